The number of aryl methyl sites for hydroxylation is 2. The van der Waals surface area contributed by atoms with E-state index in [0.29, 0.717) is 0 Å². The maximum absolute atomic E-state index is 12.2. The predicted molar refractivity (Wildman–Crippen MR) is 104 cm³/mol. The van der Waals surface area contributed by atoms with Crippen LogP contribution in [-0.2, 0) is 9.59 Å². The molecular weight excluding hydrogens is 328 g/mol. The Labute approximate surface area is 154 Å². The molecule has 0 aliphatic rings. The van der Waals surface area contributed by atoms with Gasteiger partial charge >= 0.3 is 0 Å². The van der Waals surface area contributed by atoms with Gasteiger partial charge in [-0.3, -0.25) is 9.59 Å². The number of amides is 2. The third-order valence-electron chi connectivity index (χ3n) is 3.96. The Morgan fingerprint density at radius 3 is 2.46 bits per heavy atom. The van der Waals surface area contributed by atoms with Gasteiger partial charge in [-0.2, -0.15) is 0 Å². The zero-order valence-electron chi connectivity index (χ0n) is 15.6. The molecule has 0 atom stereocenters. The van der Waals surface area contributed by atoms with Crippen molar-refractivity contribution in [1.29, 1.82) is 0 Å². The maximum Gasteiger partial charge on any atom is 0.246 e. The summed E-state index contributed by atoms with van der Waals surface area (Å²) >= 11 is 0. The minimum atomic E-state index is -0.239. The summed E-state index contributed by atoms with van der Waals surface area (Å²) in [5, 5.41) is 2.85. The molecule has 0 radical (unpaired) electrons. The van der Waals surface area contributed by atoms with Crippen LogP contribution in [0.4, 0.5) is 5.69 Å². The average Bonchev–Trinajstić information content (AvgIpc) is 2.63. The summed E-state index contributed by atoms with van der Waals surface area (Å²) in [6, 6.07) is 13.2. The number of carbonyl (C=O) groups is 2. The molecule has 0 spiro atoms. The molecule has 136 valence electrons. The van der Waals surface area contributed by atoms with Crippen molar-refractivity contribution in [1.82, 2.24) is 4.90 Å². The molecule has 0 saturated heterocycles. The normalized spacial score (nSPS) is 10.6. The first kappa shape index (κ1) is 19.2. The van der Waals surface area contributed by atoms with E-state index in [2.05, 4.69) is 5.32 Å². The van der Waals surface area contributed by atoms with Crippen molar-refractivity contribution in [2.75, 3.05) is 26.0 Å². The molecule has 26 heavy (non-hydrogen) atoms. The summed E-state index contributed by atoms with van der Waals surface area (Å²) in [5.41, 5.74) is 3.70. The second-order valence-corrected chi connectivity index (χ2v) is 6.17. The van der Waals surface area contributed by atoms with Crippen LogP contribution < -0.4 is 10.1 Å². The topological polar surface area (TPSA) is 58.6 Å². The number of nitrogens with zero attached hydrogens (tertiary/aromatic N) is 1. The van der Waals surface area contributed by atoms with E-state index >= 15 is 0 Å². The van der Waals surface area contributed by atoms with E-state index in [-0.39, 0.29) is 18.4 Å². The third kappa shape index (κ3) is 5.48. The third-order valence-corrected chi connectivity index (χ3v) is 3.96. The summed E-state index contributed by atoms with van der Waals surface area (Å²) in [5.74, 6) is 0.290. The fraction of sp³-hybridized carbons (Fsp3) is 0.238. The number of rotatable bonds is 6. The van der Waals surface area contributed by atoms with Crippen LogP contribution in [0.1, 0.15) is 16.7 Å². The Bertz CT molecular complexity index is 811. The van der Waals surface area contributed by atoms with Crippen LogP contribution in [-0.4, -0.2) is 37.4 Å². The van der Waals surface area contributed by atoms with Crippen LogP contribution in [0.2, 0.25) is 0 Å². The fourth-order valence-corrected chi connectivity index (χ4v) is 2.36. The van der Waals surface area contributed by atoms with Crippen LogP contribution in [0, 0.1) is 13.8 Å². The predicted octanol–water partition coefficient (Wildman–Crippen LogP) is 3.42. The Kier molecular flexibility index (Phi) is 6.55. The van der Waals surface area contributed by atoms with Crippen LogP contribution in [0.5, 0.6) is 5.75 Å². The molecule has 2 aromatic rings. The monoisotopic (exact) mass is 352 g/mol. The van der Waals surface area contributed by atoms with E-state index < -0.39 is 0 Å². The highest BCUT2D eigenvalue weighted by Crippen LogP contribution is 2.16. The van der Waals surface area contributed by atoms with Crippen molar-refractivity contribution >= 4 is 23.6 Å². The minimum absolute atomic E-state index is 0.0147. The van der Waals surface area contributed by atoms with Crippen molar-refractivity contribution in [3.63, 3.8) is 0 Å². The first-order valence-corrected chi connectivity index (χ1v) is 8.33. The average molecular weight is 352 g/mol. The summed E-state index contributed by atoms with van der Waals surface area (Å²) in [7, 11) is 3.20. The summed E-state index contributed by atoms with van der Waals surface area (Å²) in [6.07, 6.45) is 3.16. The first-order chi connectivity index (χ1) is 12.4. The summed E-state index contributed by atoms with van der Waals surface area (Å²) in [6.45, 7) is 3.88. The highest BCUT2D eigenvalue weighted by molar-refractivity contribution is 5.98. The van der Waals surface area contributed by atoms with Gasteiger partial charge in [-0.1, -0.05) is 24.3 Å². The molecule has 0 aliphatic heterocycles. The first-order valence-electron chi connectivity index (χ1n) is 8.33. The van der Waals surface area contributed by atoms with Gasteiger partial charge in [0.05, 0.1) is 13.7 Å². The second-order valence-electron chi connectivity index (χ2n) is 6.17. The van der Waals surface area contributed by atoms with E-state index in [1.54, 1.807) is 20.2 Å². The molecule has 0 aromatic heterocycles. The highest BCUT2D eigenvalue weighted by atomic mass is 16.5. The van der Waals surface area contributed by atoms with E-state index in [4.69, 9.17) is 4.74 Å². The second kappa shape index (κ2) is 8.85. The Morgan fingerprint density at radius 1 is 1.12 bits per heavy atom. The number of ether oxygens (including phenoxy) is 1. The van der Waals surface area contributed by atoms with Gasteiger partial charge in [0.15, 0.2) is 0 Å². The fourth-order valence-electron chi connectivity index (χ4n) is 2.36. The molecule has 2 rings (SSSR count). The standard InChI is InChI=1S/C21H24N2O3/c1-15-5-6-16(2)19(13-15)22-20(24)14-23(3)21(25)12-9-17-7-10-18(26-4)11-8-17/h5-13H,14H2,1-4H3,(H,22,24). The zero-order chi connectivity index (χ0) is 19.1. The van der Waals surface area contributed by atoms with Crippen LogP contribution in [0.15, 0.2) is 48.5 Å². The number of anilines is 1. The van der Waals surface area contributed by atoms with Gasteiger partial charge in [0, 0.05) is 18.8 Å². The van der Waals surface area contributed by atoms with Gasteiger partial charge in [0.25, 0.3) is 0 Å². The lowest BCUT2D eigenvalue weighted by Crippen LogP contribution is -2.34. The van der Waals surface area contributed by atoms with E-state index in [0.717, 1.165) is 28.1 Å². The summed E-state index contributed by atoms with van der Waals surface area (Å²) in [4.78, 5) is 25.8. The number of hydrogen-bond donors (Lipinski definition) is 1. The van der Waals surface area contributed by atoms with Crippen molar-refractivity contribution in [3.05, 3.63) is 65.2 Å². The molecule has 0 fully saturated rings. The molecule has 0 bridgehead atoms. The molecule has 5 heteroatoms. The number of nitrogens with one attached hydrogen (secondary N) is 1. The van der Waals surface area contributed by atoms with Gasteiger partial charge in [0.2, 0.25) is 11.8 Å². The van der Waals surface area contributed by atoms with Crippen molar-refractivity contribution in [2.24, 2.45) is 0 Å². The SMILES string of the molecule is COc1ccc(C=CC(=O)N(C)CC(=O)Nc2cc(C)ccc2C)cc1. The lowest BCUT2D eigenvalue weighted by molar-refractivity contribution is -0.129. The largest absolute Gasteiger partial charge is 0.497 e. The zero-order valence-corrected chi connectivity index (χ0v) is 15.6. The molecule has 0 heterocycles. The van der Waals surface area contributed by atoms with Crippen molar-refractivity contribution < 1.29 is 14.3 Å². The molecular formula is C21H24N2O3. The smallest absolute Gasteiger partial charge is 0.246 e. The molecule has 0 aliphatic carbocycles. The van der Waals surface area contributed by atoms with Gasteiger partial charge in [-0.25, -0.2) is 0 Å². The van der Waals surface area contributed by atoms with Crippen molar-refractivity contribution in [3.8, 4) is 5.75 Å². The van der Waals surface area contributed by atoms with Crippen LogP contribution in [0.25, 0.3) is 6.08 Å². The Balaban J connectivity index is 1.92. The minimum Gasteiger partial charge on any atom is -0.497 e. The van der Waals surface area contributed by atoms with Crippen LogP contribution in [0.3, 0.4) is 0 Å². The quantitative estimate of drug-likeness (QED) is 0.811. The van der Waals surface area contributed by atoms with Gasteiger partial charge in [0.1, 0.15) is 5.75 Å². The highest BCUT2D eigenvalue weighted by Gasteiger charge is 2.11. The van der Waals surface area contributed by atoms with E-state index in [9.17, 15) is 9.59 Å². The number of likely N-dealkylation sites (N-methyl/N-ethyl adjacent to an activating group) is 1. The Hall–Kier alpha value is -3.08. The number of benzene rings is 2. The van der Waals surface area contributed by atoms with Gasteiger partial charge < -0.3 is 15.0 Å². The van der Waals surface area contributed by atoms with Gasteiger partial charge in [-0.05, 0) is 54.8 Å². The molecule has 0 unspecified atom stereocenters. The lowest BCUT2D eigenvalue weighted by atomic mass is 10.1. The Morgan fingerprint density at radius 2 is 1.81 bits per heavy atom. The van der Waals surface area contributed by atoms with Crippen LogP contribution >= 0.6 is 0 Å². The molecule has 5 nitrogen and oxygen atoms in total. The maximum atomic E-state index is 12.2. The lowest BCUT2D eigenvalue weighted by Gasteiger charge is -2.16. The van der Waals surface area contributed by atoms with E-state index in [1.165, 1.54) is 11.0 Å². The van der Waals surface area contributed by atoms with Gasteiger partial charge in [-0.15, -0.1) is 0 Å². The molecule has 1 N–H and O–H groups in total. The number of methoxy groups -OCH3 is 1. The molecule has 2 aromatic carbocycles. The molecule has 0 saturated carbocycles. The molecule has 2 amide bonds. The van der Waals surface area contributed by atoms with E-state index in [1.807, 2.05) is 56.3 Å². The van der Waals surface area contributed by atoms with Crippen molar-refractivity contribution in [2.45, 2.75) is 13.8 Å². The number of carbonyl (C=O) groups excluding carboxylic acids is 2. The summed E-state index contributed by atoms with van der Waals surface area (Å²) < 4.78 is 5.10. The number of hydrogen-bond acceptors (Lipinski definition) is 3.